The fourth-order valence-electron chi connectivity index (χ4n) is 2.24. The highest BCUT2D eigenvalue weighted by molar-refractivity contribution is 5.91. The highest BCUT2D eigenvalue weighted by Gasteiger charge is 2.19. The number of carboxylic acids is 1. The monoisotopic (exact) mass is 292 g/mol. The van der Waals surface area contributed by atoms with Crippen molar-refractivity contribution in [1.29, 1.82) is 0 Å². The highest BCUT2D eigenvalue weighted by atomic mass is 16.4. The highest BCUT2D eigenvalue weighted by Crippen LogP contribution is 2.05. The van der Waals surface area contributed by atoms with Crippen molar-refractivity contribution in [2.75, 3.05) is 32.7 Å². The number of carboxylic acid groups (broad SMARTS) is 1. The Bertz CT molecular complexity index is 530. The molecule has 1 saturated heterocycles. The molecule has 0 aromatic carbocycles. The van der Waals surface area contributed by atoms with Crippen LogP contribution >= 0.6 is 0 Å². The number of aromatic nitrogens is 2. The number of rotatable bonds is 5. The second kappa shape index (κ2) is 7.03. The maximum atomic E-state index is 12.1. The van der Waals surface area contributed by atoms with Gasteiger partial charge in [0, 0.05) is 57.6 Å². The predicted molar refractivity (Wildman–Crippen MR) is 77.5 cm³/mol. The molecule has 7 nitrogen and oxygen atoms in total. The van der Waals surface area contributed by atoms with Crippen LogP contribution in [0.5, 0.6) is 0 Å². The average molecular weight is 292 g/mol. The second-order valence-electron chi connectivity index (χ2n) is 5.09. The maximum Gasteiger partial charge on any atom is 0.304 e. The summed E-state index contributed by atoms with van der Waals surface area (Å²) < 4.78 is 1.69. The summed E-state index contributed by atoms with van der Waals surface area (Å²) in [5.74, 6) is -0.801. The summed E-state index contributed by atoms with van der Waals surface area (Å²) in [6.45, 7) is 3.26. The standard InChI is InChI=1S/C14H20N4O3/c1-16-11-12(10-15-16)2-3-13(19)18-8-6-17(7-9-18)5-4-14(20)21/h2-3,10-11H,4-9H2,1H3,(H,20,21)/b3-2+. The molecule has 1 aromatic rings. The lowest BCUT2D eigenvalue weighted by Gasteiger charge is -2.33. The molecule has 1 fully saturated rings. The molecule has 0 aliphatic carbocycles. The molecule has 21 heavy (non-hydrogen) atoms. The summed E-state index contributed by atoms with van der Waals surface area (Å²) in [4.78, 5) is 26.4. The number of carbonyl (C=O) groups excluding carboxylic acids is 1. The summed E-state index contributed by atoms with van der Waals surface area (Å²) in [6, 6.07) is 0. The minimum absolute atomic E-state index is 0.0169. The number of nitrogens with zero attached hydrogens (tertiary/aromatic N) is 4. The minimum Gasteiger partial charge on any atom is -0.481 e. The van der Waals surface area contributed by atoms with Crippen LogP contribution in [0.25, 0.3) is 6.08 Å². The maximum absolute atomic E-state index is 12.1. The lowest BCUT2D eigenvalue weighted by molar-refractivity contribution is -0.138. The Kier molecular flexibility index (Phi) is 5.10. The van der Waals surface area contributed by atoms with E-state index in [4.69, 9.17) is 5.11 Å². The molecule has 1 aliphatic rings. The smallest absolute Gasteiger partial charge is 0.304 e. The predicted octanol–water partition coefficient (Wildman–Crippen LogP) is 0.0522. The van der Waals surface area contributed by atoms with Crippen molar-refractivity contribution in [2.45, 2.75) is 6.42 Å². The fourth-order valence-corrected chi connectivity index (χ4v) is 2.24. The molecule has 0 bridgehead atoms. The van der Waals surface area contributed by atoms with Crippen LogP contribution in [-0.2, 0) is 16.6 Å². The van der Waals surface area contributed by atoms with Crippen molar-refractivity contribution >= 4 is 18.0 Å². The zero-order chi connectivity index (χ0) is 15.2. The number of hydrogen-bond donors (Lipinski definition) is 1. The van der Waals surface area contributed by atoms with Crippen molar-refractivity contribution in [1.82, 2.24) is 19.6 Å². The summed E-state index contributed by atoms with van der Waals surface area (Å²) in [5, 5.41) is 12.7. The summed E-state index contributed by atoms with van der Waals surface area (Å²) in [6.07, 6.45) is 7.01. The molecule has 0 saturated carbocycles. The van der Waals surface area contributed by atoms with Gasteiger partial charge in [0.1, 0.15) is 0 Å². The van der Waals surface area contributed by atoms with E-state index >= 15 is 0 Å². The number of hydrogen-bond acceptors (Lipinski definition) is 4. The normalized spacial score (nSPS) is 16.5. The second-order valence-corrected chi connectivity index (χ2v) is 5.09. The van der Waals surface area contributed by atoms with E-state index in [1.807, 2.05) is 13.2 Å². The topological polar surface area (TPSA) is 78.7 Å². The first kappa shape index (κ1) is 15.2. The SMILES string of the molecule is Cn1cc(/C=C/C(=O)N2CCN(CCC(=O)O)CC2)cn1. The Morgan fingerprint density at radius 2 is 2.05 bits per heavy atom. The van der Waals surface area contributed by atoms with Gasteiger partial charge in [0.25, 0.3) is 0 Å². The number of piperazine rings is 1. The third-order valence-corrected chi connectivity index (χ3v) is 3.47. The molecule has 0 radical (unpaired) electrons. The lowest BCUT2D eigenvalue weighted by atomic mass is 10.2. The summed E-state index contributed by atoms with van der Waals surface area (Å²) in [7, 11) is 1.83. The van der Waals surface area contributed by atoms with E-state index in [9.17, 15) is 9.59 Å². The first-order valence-electron chi connectivity index (χ1n) is 6.94. The van der Waals surface area contributed by atoms with E-state index in [2.05, 4.69) is 10.00 Å². The molecule has 2 rings (SSSR count). The van der Waals surface area contributed by atoms with Gasteiger partial charge in [0.2, 0.25) is 5.91 Å². The van der Waals surface area contributed by atoms with Gasteiger partial charge in [0.15, 0.2) is 0 Å². The van der Waals surface area contributed by atoms with Crippen LogP contribution in [0, 0.1) is 0 Å². The number of aliphatic carboxylic acids is 1. The Hall–Kier alpha value is -2.15. The third-order valence-electron chi connectivity index (χ3n) is 3.47. The molecule has 2 heterocycles. The Morgan fingerprint density at radius 3 is 2.62 bits per heavy atom. The molecule has 0 spiro atoms. The minimum atomic E-state index is -0.784. The van der Waals surface area contributed by atoms with Gasteiger partial charge in [-0.1, -0.05) is 0 Å². The van der Waals surface area contributed by atoms with Crippen LogP contribution in [0.3, 0.4) is 0 Å². The van der Waals surface area contributed by atoms with Crippen LogP contribution in [-0.4, -0.2) is 69.3 Å². The van der Waals surface area contributed by atoms with Crippen LogP contribution in [0.4, 0.5) is 0 Å². The molecular formula is C14H20N4O3. The van der Waals surface area contributed by atoms with Crippen molar-refractivity contribution in [2.24, 2.45) is 7.05 Å². The molecular weight excluding hydrogens is 272 g/mol. The van der Waals surface area contributed by atoms with Gasteiger partial charge in [-0.2, -0.15) is 5.10 Å². The van der Waals surface area contributed by atoms with Crippen molar-refractivity contribution in [3.8, 4) is 0 Å². The van der Waals surface area contributed by atoms with E-state index in [1.165, 1.54) is 0 Å². The van der Waals surface area contributed by atoms with Crippen molar-refractivity contribution < 1.29 is 14.7 Å². The van der Waals surface area contributed by atoms with Gasteiger partial charge in [0.05, 0.1) is 12.6 Å². The molecule has 0 unspecified atom stereocenters. The van der Waals surface area contributed by atoms with Crippen LogP contribution in [0.2, 0.25) is 0 Å². The van der Waals surface area contributed by atoms with Crippen LogP contribution < -0.4 is 0 Å². The van der Waals surface area contributed by atoms with Crippen molar-refractivity contribution in [3.05, 3.63) is 24.0 Å². The quantitative estimate of drug-likeness (QED) is 0.776. The summed E-state index contributed by atoms with van der Waals surface area (Å²) >= 11 is 0. The Balaban J connectivity index is 1.77. The van der Waals surface area contributed by atoms with Gasteiger partial charge in [-0.3, -0.25) is 19.2 Å². The largest absolute Gasteiger partial charge is 0.481 e. The first-order chi connectivity index (χ1) is 10.0. The van der Waals surface area contributed by atoms with Gasteiger partial charge in [-0.05, 0) is 6.08 Å². The summed E-state index contributed by atoms with van der Waals surface area (Å²) in [5.41, 5.74) is 0.894. The van der Waals surface area contributed by atoms with Crippen molar-refractivity contribution in [3.63, 3.8) is 0 Å². The molecule has 114 valence electrons. The van der Waals surface area contributed by atoms with E-state index in [0.29, 0.717) is 19.6 Å². The number of carbonyl (C=O) groups is 2. The van der Waals surface area contributed by atoms with Gasteiger partial charge in [-0.15, -0.1) is 0 Å². The van der Waals surface area contributed by atoms with E-state index in [1.54, 1.807) is 27.9 Å². The Labute approximate surface area is 123 Å². The van der Waals surface area contributed by atoms with E-state index in [-0.39, 0.29) is 12.3 Å². The first-order valence-corrected chi connectivity index (χ1v) is 6.94. The molecule has 1 aliphatic heterocycles. The van der Waals surface area contributed by atoms with Crippen LogP contribution in [0.1, 0.15) is 12.0 Å². The molecule has 1 amide bonds. The van der Waals surface area contributed by atoms with Gasteiger partial charge < -0.3 is 10.0 Å². The Morgan fingerprint density at radius 1 is 1.33 bits per heavy atom. The number of aryl methyl sites for hydroxylation is 1. The molecule has 0 atom stereocenters. The van der Waals surface area contributed by atoms with Crippen LogP contribution in [0.15, 0.2) is 18.5 Å². The van der Waals surface area contributed by atoms with Gasteiger partial charge >= 0.3 is 5.97 Å². The fraction of sp³-hybridized carbons (Fsp3) is 0.500. The van der Waals surface area contributed by atoms with E-state index in [0.717, 1.165) is 18.7 Å². The zero-order valence-corrected chi connectivity index (χ0v) is 12.1. The molecule has 1 aromatic heterocycles. The average Bonchev–Trinajstić information content (AvgIpc) is 2.89. The third kappa shape index (κ3) is 4.71. The van der Waals surface area contributed by atoms with E-state index < -0.39 is 5.97 Å². The number of amides is 1. The van der Waals surface area contributed by atoms with Gasteiger partial charge in [-0.25, -0.2) is 0 Å². The molecule has 1 N–H and O–H groups in total. The lowest BCUT2D eigenvalue weighted by Crippen LogP contribution is -2.48. The zero-order valence-electron chi connectivity index (χ0n) is 12.1. The molecule has 7 heteroatoms.